The smallest absolute Gasteiger partial charge is 0.323 e. The molecule has 0 atom stereocenters. The summed E-state index contributed by atoms with van der Waals surface area (Å²) in [4.78, 5) is 10.8. The van der Waals surface area contributed by atoms with Gasteiger partial charge in [0.2, 0.25) is 0 Å². The van der Waals surface area contributed by atoms with Crippen LogP contribution in [0.25, 0.3) is 10.8 Å². The summed E-state index contributed by atoms with van der Waals surface area (Å²) in [6.45, 7) is 3.21. The number of fused-ring (bicyclic) bond motifs is 1. The van der Waals surface area contributed by atoms with Crippen molar-refractivity contribution in [1.29, 1.82) is 0 Å². The van der Waals surface area contributed by atoms with Crippen LogP contribution < -0.4 is 10.6 Å². The Morgan fingerprint density at radius 2 is 1.44 bits per heavy atom. The lowest BCUT2D eigenvalue weighted by atomic mass is 10.1. The molecule has 0 aromatic heterocycles. The van der Waals surface area contributed by atoms with Gasteiger partial charge in [-0.1, -0.05) is 6.58 Å². The van der Waals surface area contributed by atoms with E-state index in [0.717, 1.165) is 17.5 Å². The average Bonchev–Trinajstić information content (AvgIpc) is 2.72. The van der Waals surface area contributed by atoms with Gasteiger partial charge in [-0.3, -0.25) is 9.11 Å². The number of urea groups is 1. The van der Waals surface area contributed by atoms with Crippen LogP contribution in [0.4, 0.5) is 16.2 Å². The maximum Gasteiger partial charge on any atom is 0.323 e. The number of hydrogen-bond donors (Lipinski definition) is 5. The summed E-state index contributed by atoms with van der Waals surface area (Å²) in [7, 11) is -13.4. The third-order valence-corrected chi connectivity index (χ3v) is 7.62. The van der Waals surface area contributed by atoms with Crippen LogP contribution in [0.15, 0.2) is 75.2 Å². The highest BCUT2D eigenvalue weighted by atomic mass is 32.2. The van der Waals surface area contributed by atoms with Crippen LogP contribution in [0.2, 0.25) is 0 Å². The molecule has 12 nitrogen and oxygen atoms in total. The van der Waals surface area contributed by atoms with Gasteiger partial charge in [-0.15, -0.1) is 0 Å². The van der Waals surface area contributed by atoms with E-state index in [2.05, 4.69) is 17.2 Å². The highest BCUT2D eigenvalue weighted by molar-refractivity contribution is 7.94. The molecule has 0 bridgehead atoms. The second kappa shape index (κ2) is 8.69. The minimum Gasteiger partial charge on any atom is -0.507 e. The second-order valence-electron chi connectivity index (χ2n) is 6.74. The Morgan fingerprint density at radius 3 is 1.97 bits per heavy atom. The van der Waals surface area contributed by atoms with Crippen molar-refractivity contribution >= 4 is 58.3 Å². The van der Waals surface area contributed by atoms with Crippen molar-refractivity contribution in [2.45, 2.75) is 14.7 Å². The van der Waals surface area contributed by atoms with Crippen molar-refractivity contribution in [2.75, 3.05) is 10.6 Å². The number of anilines is 2. The molecular weight excluding hydrogens is 512 g/mol. The fourth-order valence-corrected chi connectivity index (χ4v) is 4.91. The Labute approximate surface area is 194 Å². The normalized spacial score (nSPS) is 12.3. The second-order valence-corrected chi connectivity index (χ2v) is 11.4. The Hall–Kier alpha value is -3.50. The van der Waals surface area contributed by atoms with Crippen molar-refractivity contribution in [2.24, 2.45) is 0 Å². The Kier molecular flexibility index (Phi) is 6.43. The molecule has 0 saturated heterocycles. The standard InChI is InChI=1S/C19H16N2O10S3/c1-2-32(24,25)12-5-3-11(4-6-12)20-19(23)21-15-7-8-17(34(29,30)31)14-9-13(33(26,27)28)10-16(22)18(14)15/h2-10,22H,1H2,(H2,20,21,23)(H,26,27,28)(H,29,30,31). The van der Waals surface area contributed by atoms with E-state index in [0.29, 0.717) is 12.1 Å². The number of rotatable bonds is 6. The molecular formula is C19H16N2O10S3. The third kappa shape index (κ3) is 5.18. The van der Waals surface area contributed by atoms with Crippen molar-refractivity contribution in [3.63, 3.8) is 0 Å². The van der Waals surface area contributed by atoms with E-state index in [1.54, 1.807) is 0 Å². The molecule has 0 aliphatic heterocycles. The minimum absolute atomic E-state index is 0.0557. The first-order valence-corrected chi connectivity index (χ1v) is 13.4. The topological polar surface area (TPSA) is 204 Å². The number of nitrogens with one attached hydrogen (secondary N) is 2. The molecule has 0 saturated carbocycles. The summed E-state index contributed by atoms with van der Waals surface area (Å²) in [6.07, 6.45) is 0. The summed E-state index contributed by atoms with van der Waals surface area (Å²) in [5.41, 5.74) is 0.00222. The molecule has 3 aromatic carbocycles. The molecule has 34 heavy (non-hydrogen) atoms. The Morgan fingerprint density at radius 1 is 0.824 bits per heavy atom. The number of amides is 2. The molecule has 2 amide bonds. The average molecular weight is 529 g/mol. The maximum atomic E-state index is 12.4. The summed E-state index contributed by atoms with van der Waals surface area (Å²) >= 11 is 0. The molecule has 0 radical (unpaired) electrons. The number of carbonyl (C=O) groups is 1. The van der Waals surface area contributed by atoms with Crippen LogP contribution in [0.3, 0.4) is 0 Å². The van der Waals surface area contributed by atoms with E-state index < -0.39 is 57.0 Å². The summed E-state index contributed by atoms with van der Waals surface area (Å²) in [5, 5.41) is 15.0. The zero-order valence-electron chi connectivity index (χ0n) is 16.8. The lowest BCUT2D eigenvalue weighted by Gasteiger charge is -2.14. The molecule has 0 aliphatic rings. The van der Waals surface area contributed by atoms with Gasteiger partial charge in [0.1, 0.15) is 10.6 Å². The number of sulfone groups is 1. The molecule has 0 fully saturated rings. The maximum absolute atomic E-state index is 12.4. The van der Waals surface area contributed by atoms with Crippen molar-refractivity contribution in [3.8, 4) is 5.75 Å². The molecule has 0 spiro atoms. The molecule has 180 valence electrons. The summed E-state index contributed by atoms with van der Waals surface area (Å²) in [5.74, 6) is -0.815. The van der Waals surface area contributed by atoms with E-state index in [1.165, 1.54) is 24.3 Å². The molecule has 3 aromatic rings. The molecule has 0 unspecified atom stereocenters. The zero-order chi connectivity index (χ0) is 25.5. The quantitative estimate of drug-likeness (QED) is 0.296. The third-order valence-electron chi connectivity index (χ3n) is 4.51. The molecule has 0 heterocycles. The highest BCUT2D eigenvalue weighted by Crippen LogP contribution is 2.38. The van der Waals surface area contributed by atoms with Gasteiger partial charge in [-0.25, -0.2) is 13.2 Å². The fraction of sp³-hybridized carbons (Fsp3) is 0. The van der Waals surface area contributed by atoms with E-state index in [1.807, 2.05) is 0 Å². The molecule has 3 rings (SSSR count). The van der Waals surface area contributed by atoms with Gasteiger partial charge in [0.15, 0.2) is 9.84 Å². The SMILES string of the molecule is C=CS(=O)(=O)c1ccc(NC(=O)Nc2ccc(S(=O)(=O)O)c3cc(S(=O)(=O)O)cc(O)c23)cc1. The van der Waals surface area contributed by atoms with Crippen LogP contribution in [-0.2, 0) is 30.1 Å². The van der Waals surface area contributed by atoms with Gasteiger partial charge in [0, 0.05) is 27.9 Å². The van der Waals surface area contributed by atoms with Crippen LogP contribution >= 0.6 is 0 Å². The number of aromatic hydroxyl groups is 1. The molecule has 5 N–H and O–H groups in total. The lowest BCUT2D eigenvalue weighted by Crippen LogP contribution is -2.19. The first kappa shape index (κ1) is 25.1. The predicted molar refractivity (Wildman–Crippen MR) is 122 cm³/mol. The number of phenols is 1. The first-order valence-electron chi connectivity index (χ1n) is 8.94. The summed E-state index contributed by atoms with van der Waals surface area (Å²) in [6, 6.07) is 7.39. The Bertz CT molecular complexity index is 1640. The summed E-state index contributed by atoms with van der Waals surface area (Å²) < 4.78 is 88.6. The van der Waals surface area contributed by atoms with Gasteiger partial charge < -0.3 is 15.7 Å². The number of phenolic OH excluding ortho intramolecular Hbond substituents is 1. The van der Waals surface area contributed by atoms with Gasteiger partial charge >= 0.3 is 6.03 Å². The molecule has 15 heteroatoms. The fourth-order valence-electron chi connectivity index (χ4n) is 3.00. The van der Waals surface area contributed by atoms with Gasteiger partial charge in [0.05, 0.1) is 15.5 Å². The first-order chi connectivity index (χ1) is 15.6. The van der Waals surface area contributed by atoms with E-state index >= 15 is 0 Å². The largest absolute Gasteiger partial charge is 0.507 e. The highest BCUT2D eigenvalue weighted by Gasteiger charge is 2.23. The Balaban J connectivity index is 2.02. The van der Waals surface area contributed by atoms with Gasteiger partial charge in [-0.05, 0) is 42.5 Å². The zero-order valence-corrected chi connectivity index (χ0v) is 19.3. The van der Waals surface area contributed by atoms with Crippen molar-refractivity contribution < 1.29 is 44.3 Å². The van der Waals surface area contributed by atoms with E-state index in [-0.39, 0.29) is 21.7 Å². The lowest BCUT2D eigenvalue weighted by molar-refractivity contribution is 0.262. The van der Waals surface area contributed by atoms with E-state index in [4.69, 9.17) is 0 Å². The number of benzene rings is 3. The minimum atomic E-state index is -4.89. The van der Waals surface area contributed by atoms with Gasteiger partial charge in [-0.2, -0.15) is 16.8 Å². The monoisotopic (exact) mass is 528 g/mol. The predicted octanol–water partition coefficient (Wildman–Crippen LogP) is 2.60. The van der Waals surface area contributed by atoms with Gasteiger partial charge in [0.25, 0.3) is 20.2 Å². The van der Waals surface area contributed by atoms with Crippen molar-refractivity contribution in [3.05, 3.63) is 60.5 Å². The van der Waals surface area contributed by atoms with E-state index in [9.17, 15) is 44.3 Å². The van der Waals surface area contributed by atoms with Crippen molar-refractivity contribution in [1.82, 2.24) is 0 Å². The van der Waals surface area contributed by atoms with Crippen LogP contribution in [0.5, 0.6) is 5.75 Å². The van der Waals surface area contributed by atoms with Crippen LogP contribution in [0.1, 0.15) is 0 Å². The van der Waals surface area contributed by atoms with Crippen LogP contribution in [0, 0.1) is 0 Å². The molecule has 0 aliphatic carbocycles. The number of carbonyl (C=O) groups excluding carboxylic acids is 1. The number of hydrogen-bond acceptors (Lipinski definition) is 8. The van der Waals surface area contributed by atoms with Crippen LogP contribution in [-0.4, -0.2) is 45.5 Å².